The summed E-state index contributed by atoms with van der Waals surface area (Å²) in [5.41, 5.74) is 2.47. The molecule has 0 aliphatic heterocycles. The van der Waals surface area contributed by atoms with E-state index in [2.05, 4.69) is 10.4 Å². The molecule has 3 rings (SSSR count). The van der Waals surface area contributed by atoms with Crippen LogP contribution in [0, 0.1) is 12.7 Å². The summed E-state index contributed by atoms with van der Waals surface area (Å²) < 4.78 is 19.5. The number of nitrogens with one attached hydrogen (secondary N) is 1. The fourth-order valence-corrected chi connectivity index (χ4v) is 3.14. The maximum absolute atomic E-state index is 13.1. The van der Waals surface area contributed by atoms with E-state index in [9.17, 15) is 18.8 Å². The number of halogens is 2. The molecule has 0 saturated heterocycles. The Bertz CT molecular complexity index is 1200. The zero-order chi connectivity index (χ0) is 23.3. The molecule has 0 aliphatic carbocycles. The molecule has 0 unspecified atom stereocenters. The third-order valence-electron chi connectivity index (χ3n) is 4.40. The SMILES string of the molecule is CC(=O)c1cccc(NC(=O)COC(=O)/C=C/c2c(C)nn(-c3ccc(F)cc3)c2Cl)c1. The minimum atomic E-state index is -0.748. The average molecular weight is 456 g/mol. The minimum Gasteiger partial charge on any atom is -0.452 e. The molecule has 1 amide bonds. The van der Waals surface area contributed by atoms with Crippen molar-refractivity contribution in [3.05, 3.63) is 82.4 Å². The Morgan fingerprint density at radius 3 is 2.59 bits per heavy atom. The van der Waals surface area contributed by atoms with Gasteiger partial charge in [0.05, 0.1) is 11.4 Å². The molecule has 9 heteroatoms. The highest BCUT2D eigenvalue weighted by atomic mass is 35.5. The Labute approximate surface area is 188 Å². The summed E-state index contributed by atoms with van der Waals surface area (Å²) in [5, 5.41) is 7.09. The number of amides is 1. The van der Waals surface area contributed by atoms with E-state index in [1.807, 2.05) is 0 Å². The van der Waals surface area contributed by atoms with Crippen LogP contribution in [0.2, 0.25) is 5.15 Å². The summed E-state index contributed by atoms with van der Waals surface area (Å²) in [5.74, 6) is -1.81. The number of aromatic nitrogens is 2. The largest absolute Gasteiger partial charge is 0.452 e. The Balaban J connectivity index is 1.60. The number of aryl methyl sites for hydroxylation is 1. The highest BCUT2D eigenvalue weighted by Crippen LogP contribution is 2.25. The lowest BCUT2D eigenvalue weighted by Crippen LogP contribution is -2.20. The van der Waals surface area contributed by atoms with Crippen LogP contribution in [0.3, 0.4) is 0 Å². The molecule has 0 spiro atoms. The number of rotatable bonds is 7. The number of esters is 1. The first-order valence-electron chi connectivity index (χ1n) is 9.51. The van der Waals surface area contributed by atoms with E-state index in [1.54, 1.807) is 25.1 Å². The molecular weight excluding hydrogens is 437 g/mol. The first kappa shape index (κ1) is 22.9. The normalized spacial score (nSPS) is 10.9. The van der Waals surface area contributed by atoms with Gasteiger partial charge < -0.3 is 10.1 Å². The topological polar surface area (TPSA) is 90.3 Å². The molecule has 0 bridgehead atoms. The van der Waals surface area contributed by atoms with E-state index in [-0.39, 0.29) is 16.8 Å². The standard InChI is InChI=1S/C23H19ClFN3O4/c1-14-20(23(24)28(27-14)19-8-6-17(25)7-9-19)10-11-22(31)32-13-21(30)26-18-5-3-4-16(12-18)15(2)29/h3-12H,13H2,1-2H3,(H,26,30)/b11-10+. The second-order valence-electron chi connectivity index (χ2n) is 6.80. The van der Waals surface area contributed by atoms with Gasteiger partial charge in [0.15, 0.2) is 12.4 Å². The summed E-state index contributed by atoms with van der Waals surface area (Å²) in [6.45, 7) is 2.63. The second-order valence-corrected chi connectivity index (χ2v) is 7.16. The van der Waals surface area contributed by atoms with Crippen molar-refractivity contribution < 1.29 is 23.5 Å². The molecule has 32 heavy (non-hydrogen) atoms. The molecule has 3 aromatic rings. The Morgan fingerprint density at radius 2 is 1.91 bits per heavy atom. The number of benzene rings is 2. The molecule has 0 aliphatic rings. The number of hydrogen-bond acceptors (Lipinski definition) is 5. The number of anilines is 1. The van der Waals surface area contributed by atoms with Crippen molar-refractivity contribution in [2.24, 2.45) is 0 Å². The fourth-order valence-electron chi connectivity index (χ4n) is 2.80. The third kappa shape index (κ3) is 5.67. The maximum atomic E-state index is 13.1. The van der Waals surface area contributed by atoms with Crippen molar-refractivity contribution in [3.63, 3.8) is 0 Å². The number of nitrogens with zero attached hydrogens (tertiary/aromatic N) is 2. The lowest BCUT2D eigenvalue weighted by Gasteiger charge is -2.06. The summed E-state index contributed by atoms with van der Waals surface area (Å²) in [6, 6.07) is 12.1. The molecule has 1 heterocycles. The van der Waals surface area contributed by atoms with Crippen LogP contribution in [-0.4, -0.2) is 34.0 Å². The van der Waals surface area contributed by atoms with Gasteiger partial charge in [-0.15, -0.1) is 0 Å². The van der Waals surface area contributed by atoms with E-state index in [1.165, 1.54) is 48.0 Å². The first-order chi connectivity index (χ1) is 15.2. The van der Waals surface area contributed by atoms with Crippen LogP contribution >= 0.6 is 11.6 Å². The van der Waals surface area contributed by atoms with E-state index in [4.69, 9.17) is 16.3 Å². The van der Waals surface area contributed by atoms with Crippen LogP contribution in [0.25, 0.3) is 11.8 Å². The number of carbonyl (C=O) groups excluding carboxylic acids is 3. The highest BCUT2D eigenvalue weighted by Gasteiger charge is 2.14. The molecule has 164 valence electrons. The summed E-state index contributed by atoms with van der Waals surface area (Å²) in [7, 11) is 0. The number of Topliss-reactive ketones (excluding diaryl/α,β-unsaturated/α-hetero) is 1. The zero-order valence-corrected chi connectivity index (χ0v) is 18.0. The van der Waals surface area contributed by atoms with Gasteiger partial charge >= 0.3 is 5.97 Å². The summed E-state index contributed by atoms with van der Waals surface area (Å²) in [4.78, 5) is 35.4. The van der Waals surface area contributed by atoms with Crippen LogP contribution in [0.5, 0.6) is 0 Å². The molecule has 1 N–H and O–H groups in total. The van der Waals surface area contributed by atoms with Crippen molar-refractivity contribution in [2.75, 3.05) is 11.9 Å². The van der Waals surface area contributed by atoms with Crippen molar-refractivity contribution in [3.8, 4) is 5.69 Å². The van der Waals surface area contributed by atoms with Crippen molar-refractivity contribution >= 4 is 41.0 Å². The van der Waals surface area contributed by atoms with Gasteiger partial charge in [0, 0.05) is 22.9 Å². The van der Waals surface area contributed by atoms with Gasteiger partial charge in [-0.2, -0.15) is 5.10 Å². The van der Waals surface area contributed by atoms with Crippen LogP contribution in [0.15, 0.2) is 54.6 Å². The molecule has 0 fully saturated rings. The maximum Gasteiger partial charge on any atom is 0.331 e. The van der Waals surface area contributed by atoms with Crippen LogP contribution in [-0.2, 0) is 14.3 Å². The van der Waals surface area contributed by atoms with E-state index in [0.29, 0.717) is 28.2 Å². The lowest BCUT2D eigenvalue weighted by atomic mass is 10.1. The highest BCUT2D eigenvalue weighted by molar-refractivity contribution is 6.31. The van der Waals surface area contributed by atoms with Gasteiger partial charge in [-0.1, -0.05) is 23.7 Å². The first-order valence-corrected chi connectivity index (χ1v) is 9.89. The number of ether oxygens (including phenoxy) is 1. The average Bonchev–Trinajstić information content (AvgIpc) is 3.05. The van der Waals surface area contributed by atoms with Gasteiger partial charge in [0.25, 0.3) is 5.91 Å². The van der Waals surface area contributed by atoms with Gasteiger partial charge in [-0.25, -0.2) is 13.9 Å². The number of carbonyl (C=O) groups is 3. The molecular formula is C23H19ClFN3O4. The molecule has 0 saturated carbocycles. The third-order valence-corrected chi connectivity index (χ3v) is 4.77. The molecule has 0 atom stereocenters. The Hall–Kier alpha value is -3.78. The second kappa shape index (κ2) is 10.0. The predicted molar refractivity (Wildman–Crippen MR) is 118 cm³/mol. The van der Waals surface area contributed by atoms with Crippen molar-refractivity contribution in [1.82, 2.24) is 9.78 Å². The van der Waals surface area contributed by atoms with Crippen LogP contribution in [0.1, 0.15) is 28.5 Å². The molecule has 7 nitrogen and oxygen atoms in total. The minimum absolute atomic E-state index is 0.130. The van der Waals surface area contributed by atoms with Gasteiger partial charge in [-0.3, -0.25) is 9.59 Å². The summed E-state index contributed by atoms with van der Waals surface area (Å²) >= 11 is 6.36. The smallest absolute Gasteiger partial charge is 0.331 e. The van der Waals surface area contributed by atoms with Crippen LogP contribution < -0.4 is 5.32 Å². The molecule has 0 radical (unpaired) electrons. The number of ketones is 1. The summed E-state index contributed by atoms with van der Waals surface area (Å²) in [6.07, 6.45) is 2.57. The van der Waals surface area contributed by atoms with E-state index in [0.717, 1.165) is 6.08 Å². The Kier molecular flexibility index (Phi) is 7.17. The van der Waals surface area contributed by atoms with Crippen LogP contribution in [0.4, 0.5) is 10.1 Å². The molecule has 1 aromatic heterocycles. The van der Waals surface area contributed by atoms with Crippen molar-refractivity contribution in [2.45, 2.75) is 13.8 Å². The molecule has 2 aromatic carbocycles. The zero-order valence-electron chi connectivity index (χ0n) is 17.3. The van der Waals surface area contributed by atoms with Gasteiger partial charge in [0.2, 0.25) is 0 Å². The van der Waals surface area contributed by atoms with Crippen molar-refractivity contribution in [1.29, 1.82) is 0 Å². The van der Waals surface area contributed by atoms with Gasteiger partial charge in [-0.05, 0) is 56.3 Å². The van der Waals surface area contributed by atoms with E-state index >= 15 is 0 Å². The van der Waals surface area contributed by atoms with E-state index < -0.39 is 18.5 Å². The quantitative estimate of drug-likeness (QED) is 0.324. The van der Waals surface area contributed by atoms with Gasteiger partial charge in [0.1, 0.15) is 11.0 Å². The predicted octanol–water partition coefficient (Wildman–Crippen LogP) is 4.37. The fraction of sp³-hybridized carbons (Fsp3) is 0.130. The number of hydrogen-bond donors (Lipinski definition) is 1. The lowest BCUT2D eigenvalue weighted by molar-refractivity contribution is -0.142. The monoisotopic (exact) mass is 455 g/mol. The Morgan fingerprint density at radius 1 is 1.19 bits per heavy atom.